The zero-order valence-electron chi connectivity index (χ0n) is 10.3. The number of nitrogen functional groups attached to an aromatic ring is 1. The Labute approximate surface area is 111 Å². The number of anilines is 1. The van der Waals surface area contributed by atoms with Crippen LogP contribution in [0.2, 0.25) is 0 Å². The van der Waals surface area contributed by atoms with Gasteiger partial charge in [0.1, 0.15) is 17.6 Å². The highest BCUT2D eigenvalue weighted by Gasteiger charge is 2.02. The Hall–Kier alpha value is -2.51. The molecule has 0 saturated carbocycles. The number of nitriles is 1. The average Bonchev–Trinajstić information content (AvgIpc) is 2.43. The number of rotatable bonds is 4. The highest BCUT2D eigenvalue weighted by molar-refractivity contribution is 5.57. The van der Waals surface area contributed by atoms with Gasteiger partial charge in [0.05, 0.1) is 5.56 Å². The molecule has 0 amide bonds. The van der Waals surface area contributed by atoms with Crippen LogP contribution in [0.15, 0.2) is 42.5 Å². The summed E-state index contributed by atoms with van der Waals surface area (Å²) in [4.78, 5) is 0. The van der Waals surface area contributed by atoms with Gasteiger partial charge in [-0.2, -0.15) is 5.26 Å². The van der Waals surface area contributed by atoms with Gasteiger partial charge in [0.25, 0.3) is 0 Å². The summed E-state index contributed by atoms with van der Waals surface area (Å²) in [6, 6.07) is 14.4. The summed E-state index contributed by atoms with van der Waals surface area (Å²) in [6.45, 7) is 0.129. The standard InChI is InChI=1S/C15H14N2O2/c16-10-12-9-14(5-6-15(12)17)19-13-3-1-11(2-4-13)7-8-18/h1-6,9,18H,7-8,17H2. The molecule has 0 unspecified atom stereocenters. The molecule has 0 aliphatic rings. The molecule has 0 saturated heterocycles. The fraction of sp³-hybridized carbons (Fsp3) is 0.133. The average molecular weight is 254 g/mol. The summed E-state index contributed by atoms with van der Waals surface area (Å²) in [5.41, 5.74) is 7.53. The zero-order valence-corrected chi connectivity index (χ0v) is 10.3. The number of aliphatic hydroxyl groups is 1. The van der Waals surface area contributed by atoms with Crippen molar-refractivity contribution in [1.29, 1.82) is 5.26 Å². The Morgan fingerprint density at radius 3 is 2.42 bits per heavy atom. The van der Waals surface area contributed by atoms with Crippen molar-refractivity contribution in [3.05, 3.63) is 53.6 Å². The van der Waals surface area contributed by atoms with Gasteiger partial charge < -0.3 is 15.6 Å². The van der Waals surface area contributed by atoms with Crippen LogP contribution < -0.4 is 10.5 Å². The molecular formula is C15H14N2O2. The largest absolute Gasteiger partial charge is 0.457 e. The van der Waals surface area contributed by atoms with E-state index in [1.807, 2.05) is 30.3 Å². The first-order valence-corrected chi connectivity index (χ1v) is 5.90. The predicted molar refractivity (Wildman–Crippen MR) is 72.9 cm³/mol. The zero-order chi connectivity index (χ0) is 13.7. The van der Waals surface area contributed by atoms with Gasteiger partial charge in [-0.05, 0) is 36.2 Å². The van der Waals surface area contributed by atoms with Gasteiger partial charge in [-0.1, -0.05) is 12.1 Å². The van der Waals surface area contributed by atoms with Gasteiger partial charge in [0.15, 0.2) is 0 Å². The minimum atomic E-state index is 0.129. The number of ether oxygens (including phenoxy) is 1. The van der Waals surface area contributed by atoms with E-state index in [1.165, 1.54) is 0 Å². The lowest BCUT2D eigenvalue weighted by atomic mass is 10.1. The smallest absolute Gasteiger partial charge is 0.128 e. The van der Waals surface area contributed by atoms with Crippen LogP contribution in [0.25, 0.3) is 0 Å². The number of nitrogens with two attached hydrogens (primary N) is 1. The fourth-order valence-corrected chi connectivity index (χ4v) is 1.69. The quantitative estimate of drug-likeness (QED) is 0.821. The molecule has 19 heavy (non-hydrogen) atoms. The Balaban J connectivity index is 2.15. The summed E-state index contributed by atoms with van der Waals surface area (Å²) < 4.78 is 5.64. The van der Waals surface area contributed by atoms with E-state index >= 15 is 0 Å². The lowest BCUT2D eigenvalue weighted by Crippen LogP contribution is -1.92. The molecule has 0 heterocycles. The summed E-state index contributed by atoms with van der Waals surface area (Å²) in [6.07, 6.45) is 0.626. The van der Waals surface area contributed by atoms with E-state index in [9.17, 15) is 0 Å². The second-order valence-electron chi connectivity index (χ2n) is 4.08. The van der Waals surface area contributed by atoms with Crippen LogP contribution in [0.1, 0.15) is 11.1 Å². The maximum Gasteiger partial charge on any atom is 0.128 e. The van der Waals surface area contributed by atoms with E-state index in [0.29, 0.717) is 29.2 Å². The summed E-state index contributed by atoms with van der Waals surface area (Å²) in [5, 5.41) is 17.7. The van der Waals surface area contributed by atoms with Gasteiger partial charge >= 0.3 is 0 Å². The predicted octanol–water partition coefficient (Wildman–Crippen LogP) is 2.47. The minimum absolute atomic E-state index is 0.129. The normalized spacial score (nSPS) is 9.89. The third-order valence-electron chi connectivity index (χ3n) is 2.70. The number of hydrogen-bond acceptors (Lipinski definition) is 4. The Kier molecular flexibility index (Phi) is 4.01. The van der Waals surface area contributed by atoms with Crippen LogP contribution in [0.3, 0.4) is 0 Å². The van der Waals surface area contributed by atoms with E-state index < -0.39 is 0 Å². The molecule has 0 aliphatic heterocycles. The monoisotopic (exact) mass is 254 g/mol. The molecule has 0 fully saturated rings. The third-order valence-corrected chi connectivity index (χ3v) is 2.70. The van der Waals surface area contributed by atoms with E-state index in [4.69, 9.17) is 20.8 Å². The fourth-order valence-electron chi connectivity index (χ4n) is 1.69. The SMILES string of the molecule is N#Cc1cc(Oc2ccc(CCO)cc2)ccc1N. The van der Waals surface area contributed by atoms with Gasteiger partial charge in [-0.3, -0.25) is 0 Å². The Morgan fingerprint density at radius 2 is 1.79 bits per heavy atom. The van der Waals surface area contributed by atoms with Gasteiger partial charge in [-0.15, -0.1) is 0 Å². The lowest BCUT2D eigenvalue weighted by molar-refractivity contribution is 0.299. The van der Waals surface area contributed by atoms with E-state index in [-0.39, 0.29) is 6.61 Å². The molecule has 0 radical (unpaired) electrons. The molecule has 2 aromatic rings. The van der Waals surface area contributed by atoms with Crippen molar-refractivity contribution in [2.45, 2.75) is 6.42 Å². The molecule has 0 atom stereocenters. The van der Waals surface area contributed by atoms with Crippen LogP contribution >= 0.6 is 0 Å². The maximum atomic E-state index is 8.90. The number of hydrogen-bond donors (Lipinski definition) is 2. The van der Waals surface area contributed by atoms with Crippen molar-refractivity contribution in [3.8, 4) is 17.6 Å². The molecule has 2 rings (SSSR count). The van der Waals surface area contributed by atoms with Crippen LogP contribution in [-0.4, -0.2) is 11.7 Å². The highest BCUT2D eigenvalue weighted by Crippen LogP contribution is 2.25. The number of aliphatic hydroxyl groups excluding tert-OH is 1. The van der Waals surface area contributed by atoms with Crippen molar-refractivity contribution >= 4 is 5.69 Å². The molecule has 4 heteroatoms. The lowest BCUT2D eigenvalue weighted by Gasteiger charge is -2.07. The first-order valence-electron chi connectivity index (χ1n) is 5.90. The Morgan fingerprint density at radius 1 is 1.11 bits per heavy atom. The molecule has 4 nitrogen and oxygen atoms in total. The van der Waals surface area contributed by atoms with Crippen LogP contribution in [0, 0.1) is 11.3 Å². The van der Waals surface area contributed by atoms with E-state index in [2.05, 4.69) is 0 Å². The van der Waals surface area contributed by atoms with Crippen LogP contribution in [-0.2, 0) is 6.42 Å². The number of benzene rings is 2. The molecule has 96 valence electrons. The summed E-state index contributed by atoms with van der Waals surface area (Å²) in [5.74, 6) is 1.25. The van der Waals surface area contributed by atoms with E-state index in [0.717, 1.165) is 5.56 Å². The van der Waals surface area contributed by atoms with Crippen LogP contribution in [0.4, 0.5) is 5.69 Å². The van der Waals surface area contributed by atoms with Crippen molar-refractivity contribution in [2.24, 2.45) is 0 Å². The topological polar surface area (TPSA) is 79.3 Å². The second kappa shape index (κ2) is 5.89. The van der Waals surface area contributed by atoms with Crippen molar-refractivity contribution in [1.82, 2.24) is 0 Å². The molecule has 2 aromatic carbocycles. The number of nitrogens with zero attached hydrogens (tertiary/aromatic N) is 1. The highest BCUT2D eigenvalue weighted by atomic mass is 16.5. The summed E-state index contributed by atoms with van der Waals surface area (Å²) in [7, 11) is 0. The molecular weight excluding hydrogens is 240 g/mol. The Bertz CT molecular complexity index is 601. The van der Waals surface area contributed by atoms with Crippen LogP contribution in [0.5, 0.6) is 11.5 Å². The van der Waals surface area contributed by atoms with E-state index in [1.54, 1.807) is 18.2 Å². The third kappa shape index (κ3) is 3.24. The second-order valence-corrected chi connectivity index (χ2v) is 4.08. The van der Waals surface area contributed by atoms with Gasteiger partial charge in [-0.25, -0.2) is 0 Å². The molecule has 0 spiro atoms. The first-order chi connectivity index (χ1) is 9.22. The van der Waals surface area contributed by atoms with Crippen molar-refractivity contribution < 1.29 is 9.84 Å². The molecule has 3 N–H and O–H groups in total. The molecule has 0 aliphatic carbocycles. The maximum absolute atomic E-state index is 8.90. The first kappa shape index (κ1) is 12.9. The van der Waals surface area contributed by atoms with Gasteiger partial charge in [0, 0.05) is 18.4 Å². The molecule has 0 bridgehead atoms. The van der Waals surface area contributed by atoms with Gasteiger partial charge in [0.2, 0.25) is 0 Å². The molecule has 0 aromatic heterocycles. The van der Waals surface area contributed by atoms with Crippen molar-refractivity contribution in [3.63, 3.8) is 0 Å². The van der Waals surface area contributed by atoms with Crippen molar-refractivity contribution in [2.75, 3.05) is 12.3 Å². The summed E-state index contributed by atoms with van der Waals surface area (Å²) >= 11 is 0. The minimum Gasteiger partial charge on any atom is -0.457 e.